The van der Waals surface area contributed by atoms with E-state index in [-0.39, 0.29) is 11.5 Å². The molecule has 0 spiro atoms. The van der Waals surface area contributed by atoms with Crippen LogP contribution >= 0.6 is 11.6 Å². The van der Waals surface area contributed by atoms with Gasteiger partial charge in [0.15, 0.2) is 11.5 Å². The number of ether oxygens (including phenoxy) is 1. The van der Waals surface area contributed by atoms with Crippen LogP contribution in [0.2, 0.25) is 5.02 Å². The van der Waals surface area contributed by atoms with E-state index in [1.807, 2.05) is 0 Å². The zero-order chi connectivity index (χ0) is 11.5. The van der Waals surface area contributed by atoms with Crippen LogP contribution in [-0.4, -0.2) is 10.2 Å². The highest BCUT2D eigenvalue weighted by molar-refractivity contribution is 6.30. The molecule has 2 rings (SSSR count). The Labute approximate surface area is 97.5 Å². The molecule has 0 bridgehead atoms. The predicted octanol–water partition coefficient (Wildman–Crippen LogP) is 3.54. The number of aromatic hydroxyl groups is 2. The van der Waals surface area contributed by atoms with E-state index in [1.165, 1.54) is 12.1 Å². The zero-order valence-electron chi connectivity index (χ0n) is 8.22. The topological polar surface area (TPSA) is 49.7 Å². The minimum atomic E-state index is -0.216. The van der Waals surface area contributed by atoms with Gasteiger partial charge in [0, 0.05) is 11.1 Å². The van der Waals surface area contributed by atoms with Crippen LogP contribution in [0, 0.1) is 0 Å². The van der Waals surface area contributed by atoms with Gasteiger partial charge >= 0.3 is 0 Å². The molecule has 0 unspecified atom stereocenters. The second-order valence-corrected chi connectivity index (χ2v) is 3.64. The Morgan fingerprint density at radius 2 is 1.44 bits per heavy atom. The second-order valence-electron chi connectivity index (χ2n) is 3.21. The molecule has 0 aliphatic heterocycles. The average molecular weight is 237 g/mol. The predicted molar refractivity (Wildman–Crippen MR) is 61.3 cm³/mol. The molecular weight excluding hydrogens is 228 g/mol. The van der Waals surface area contributed by atoms with Crippen LogP contribution in [0.3, 0.4) is 0 Å². The normalized spacial score (nSPS) is 10.1. The Hall–Kier alpha value is -1.87. The number of benzene rings is 2. The minimum absolute atomic E-state index is 0.177. The molecule has 0 atom stereocenters. The molecule has 0 aliphatic carbocycles. The highest BCUT2D eigenvalue weighted by Crippen LogP contribution is 2.31. The standard InChI is InChI=1S/C12H9ClO3/c13-8-1-3-9(4-2-8)16-10-5-6-11(14)12(15)7-10/h1-7,14-15H. The number of rotatable bonds is 2. The summed E-state index contributed by atoms with van der Waals surface area (Å²) in [5.74, 6) is 0.655. The Kier molecular flexibility index (Phi) is 2.88. The Balaban J connectivity index is 2.20. The van der Waals surface area contributed by atoms with Crippen LogP contribution < -0.4 is 4.74 Å². The Morgan fingerprint density at radius 1 is 0.812 bits per heavy atom. The van der Waals surface area contributed by atoms with E-state index in [0.717, 1.165) is 0 Å². The molecule has 0 radical (unpaired) electrons. The van der Waals surface area contributed by atoms with Gasteiger partial charge in [-0.3, -0.25) is 0 Å². The lowest BCUT2D eigenvalue weighted by Crippen LogP contribution is -1.83. The van der Waals surface area contributed by atoms with Crippen LogP contribution in [0.1, 0.15) is 0 Å². The summed E-state index contributed by atoms with van der Waals surface area (Å²) in [5, 5.41) is 19.0. The molecule has 2 N–H and O–H groups in total. The van der Waals surface area contributed by atoms with Crippen molar-refractivity contribution < 1.29 is 14.9 Å². The summed E-state index contributed by atoms with van der Waals surface area (Å²) in [4.78, 5) is 0. The maximum Gasteiger partial charge on any atom is 0.161 e. The van der Waals surface area contributed by atoms with Crippen molar-refractivity contribution in [1.82, 2.24) is 0 Å². The van der Waals surface area contributed by atoms with Crippen LogP contribution in [-0.2, 0) is 0 Å². The lowest BCUT2D eigenvalue weighted by atomic mass is 10.3. The fraction of sp³-hybridized carbons (Fsp3) is 0. The monoisotopic (exact) mass is 236 g/mol. The molecular formula is C12H9ClO3. The molecule has 3 nitrogen and oxygen atoms in total. The van der Waals surface area contributed by atoms with E-state index in [4.69, 9.17) is 21.4 Å². The van der Waals surface area contributed by atoms with Gasteiger partial charge in [-0.25, -0.2) is 0 Å². The van der Waals surface area contributed by atoms with Crippen LogP contribution in [0.25, 0.3) is 0 Å². The first-order valence-corrected chi connectivity index (χ1v) is 4.98. The van der Waals surface area contributed by atoms with Gasteiger partial charge < -0.3 is 14.9 Å². The van der Waals surface area contributed by atoms with Gasteiger partial charge in [0.05, 0.1) is 0 Å². The van der Waals surface area contributed by atoms with Crippen LogP contribution in [0.5, 0.6) is 23.0 Å². The van der Waals surface area contributed by atoms with E-state index in [0.29, 0.717) is 16.5 Å². The van der Waals surface area contributed by atoms with E-state index >= 15 is 0 Å². The van der Waals surface area contributed by atoms with Gasteiger partial charge in [0.1, 0.15) is 11.5 Å². The number of halogens is 1. The summed E-state index contributed by atoms with van der Waals surface area (Å²) in [6.45, 7) is 0. The lowest BCUT2D eigenvalue weighted by Gasteiger charge is -2.06. The van der Waals surface area contributed by atoms with Gasteiger partial charge in [0.25, 0.3) is 0 Å². The van der Waals surface area contributed by atoms with Crippen molar-refractivity contribution in [2.75, 3.05) is 0 Å². The third-order valence-electron chi connectivity index (χ3n) is 2.00. The minimum Gasteiger partial charge on any atom is -0.504 e. The first-order chi connectivity index (χ1) is 7.65. The molecule has 16 heavy (non-hydrogen) atoms. The summed E-state index contributed by atoms with van der Waals surface area (Å²) in [5.41, 5.74) is 0. The fourth-order valence-corrected chi connectivity index (χ4v) is 1.33. The maximum atomic E-state index is 9.27. The third-order valence-corrected chi connectivity index (χ3v) is 2.25. The summed E-state index contributed by atoms with van der Waals surface area (Å²) in [6.07, 6.45) is 0. The molecule has 2 aromatic carbocycles. The molecule has 2 aromatic rings. The van der Waals surface area contributed by atoms with E-state index in [1.54, 1.807) is 30.3 Å². The van der Waals surface area contributed by atoms with Crippen molar-refractivity contribution in [1.29, 1.82) is 0 Å². The van der Waals surface area contributed by atoms with E-state index in [2.05, 4.69) is 0 Å². The van der Waals surface area contributed by atoms with Crippen LogP contribution in [0.4, 0.5) is 0 Å². The molecule has 0 saturated carbocycles. The lowest BCUT2D eigenvalue weighted by molar-refractivity contribution is 0.398. The first-order valence-electron chi connectivity index (χ1n) is 4.60. The van der Waals surface area contributed by atoms with Gasteiger partial charge in [-0.2, -0.15) is 0 Å². The molecule has 0 saturated heterocycles. The van der Waals surface area contributed by atoms with Crippen molar-refractivity contribution in [3.63, 3.8) is 0 Å². The van der Waals surface area contributed by atoms with Crippen molar-refractivity contribution in [2.45, 2.75) is 0 Å². The zero-order valence-corrected chi connectivity index (χ0v) is 8.98. The molecule has 82 valence electrons. The highest BCUT2D eigenvalue weighted by atomic mass is 35.5. The molecule has 0 aliphatic rings. The van der Waals surface area contributed by atoms with Crippen molar-refractivity contribution in [3.05, 3.63) is 47.5 Å². The van der Waals surface area contributed by atoms with Crippen molar-refractivity contribution in [3.8, 4) is 23.0 Å². The van der Waals surface area contributed by atoms with Gasteiger partial charge in [-0.1, -0.05) is 11.6 Å². The summed E-state index contributed by atoms with van der Waals surface area (Å²) in [7, 11) is 0. The molecule has 0 fully saturated rings. The SMILES string of the molecule is Oc1ccc(Oc2ccc(Cl)cc2)cc1O. The summed E-state index contributed by atoms with van der Waals surface area (Å²) < 4.78 is 5.44. The third kappa shape index (κ3) is 2.38. The summed E-state index contributed by atoms with van der Waals surface area (Å²) >= 11 is 5.73. The maximum absolute atomic E-state index is 9.27. The highest BCUT2D eigenvalue weighted by Gasteiger charge is 2.02. The largest absolute Gasteiger partial charge is 0.504 e. The smallest absolute Gasteiger partial charge is 0.161 e. The van der Waals surface area contributed by atoms with Gasteiger partial charge in [0.2, 0.25) is 0 Å². The number of hydrogen-bond acceptors (Lipinski definition) is 3. The molecule has 0 amide bonds. The Morgan fingerprint density at radius 3 is 2.06 bits per heavy atom. The van der Waals surface area contributed by atoms with E-state index in [9.17, 15) is 5.11 Å². The number of hydrogen-bond donors (Lipinski definition) is 2. The van der Waals surface area contributed by atoms with Crippen molar-refractivity contribution >= 4 is 11.6 Å². The first kappa shape index (κ1) is 10.6. The molecule has 4 heteroatoms. The Bertz CT molecular complexity index is 494. The van der Waals surface area contributed by atoms with Gasteiger partial charge in [-0.05, 0) is 36.4 Å². The average Bonchev–Trinajstić information content (AvgIpc) is 2.27. The fourth-order valence-electron chi connectivity index (χ4n) is 1.21. The number of phenolic OH excluding ortho intramolecular Hbond substituents is 2. The summed E-state index contributed by atoms with van der Waals surface area (Å²) in [6, 6.07) is 11.1. The number of phenols is 2. The molecule has 0 heterocycles. The molecule has 0 aromatic heterocycles. The second kappa shape index (κ2) is 4.33. The quantitative estimate of drug-likeness (QED) is 0.784. The van der Waals surface area contributed by atoms with E-state index < -0.39 is 0 Å². The van der Waals surface area contributed by atoms with Crippen LogP contribution in [0.15, 0.2) is 42.5 Å². The van der Waals surface area contributed by atoms with Gasteiger partial charge in [-0.15, -0.1) is 0 Å². The van der Waals surface area contributed by atoms with Crippen molar-refractivity contribution in [2.24, 2.45) is 0 Å².